The van der Waals surface area contributed by atoms with Crippen LogP contribution in [0.5, 0.6) is 0 Å². The van der Waals surface area contributed by atoms with Crippen LogP contribution in [0.3, 0.4) is 0 Å². The van der Waals surface area contributed by atoms with E-state index in [4.69, 9.17) is 4.99 Å². The highest BCUT2D eigenvalue weighted by Gasteiger charge is 2.22. The first-order valence-corrected chi connectivity index (χ1v) is 9.42. The topological polar surface area (TPSA) is 56.7 Å². The van der Waals surface area contributed by atoms with Gasteiger partial charge in [-0.1, -0.05) is 0 Å². The lowest BCUT2D eigenvalue weighted by Crippen LogP contribution is -2.46. The van der Waals surface area contributed by atoms with Crippen LogP contribution in [-0.2, 0) is 11.2 Å². The molecule has 0 aromatic carbocycles. The number of thiophene rings is 1. The Labute approximate surface area is 143 Å². The summed E-state index contributed by atoms with van der Waals surface area (Å²) >= 11 is 1.74. The summed E-state index contributed by atoms with van der Waals surface area (Å²) in [5, 5.41) is 10.4. The summed E-state index contributed by atoms with van der Waals surface area (Å²) in [5.74, 6) is 1.67. The van der Waals surface area contributed by atoms with E-state index in [1.807, 2.05) is 0 Å². The van der Waals surface area contributed by atoms with Gasteiger partial charge in [0, 0.05) is 39.6 Å². The molecule has 1 aromatic rings. The molecule has 0 aliphatic carbocycles. The molecule has 0 unspecified atom stereocenters. The number of guanidine groups is 1. The van der Waals surface area contributed by atoms with Gasteiger partial charge in [-0.25, -0.2) is 0 Å². The molecular weight excluding hydrogens is 308 g/mol. The van der Waals surface area contributed by atoms with Crippen molar-refractivity contribution >= 4 is 23.2 Å². The minimum atomic E-state index is 0.153. The van der Waals surface area contributed by atoms with E-state index in [0.717, 1.165) is 51.4 Å². The van der Waals surface area contributed by atoms with Crippen molar-refractivity contribution in [3.63, 3.8) is 0 Å². The van der Waals surface area contributed by atoms with Gasteiger partial charge >= 0.3 is 0 Å². The van der Waals surface area contributed by atoms with Crippen molar-refractivity contribution in [3.05, 3.63) is 22.4 Å². The molecule has 5 nitrogen and oxygen atoms in total. The molecule has 2 heterocycles. The summed E-state index contributed by atoms with van der Waals surface area (Å²) in [6, 6.07) is 2.16. The lowest BCUT2D eigenvalue weighted by atomic mass is 9.93. The third kappa shape index (κ3) is 5.86. The second-order valence-corrected chi connectivity index (χ2v) is 6.71. The molecule has 1 aliphatic heterocycles. The van der Waals surface area contributed by atoms with E-state index >= 15 is 0 Å². The zero-order chi connectivity index (χ0) is 16.5. The highest BCUT2D eigenvalue weighted by molar-refractivity contribution is 7.07. The summed E-state index contributed by atoms with van der Waals surface area (Å²) in [5.41, 5.74) is 1.36. The van der Waals surface area contributed by atoms with Crippen molar-refractivity contribution in [2.45, 2.75) is 32.6 Å². The number of rotatable bonds is 6. The zero-order valence-corrected chi connectivity index (χ0v) is 15.0. The Hall–Kier alpha value is -1.56. The number of hydrogen-bond donors (Lipinski definition) is 2. The average molecular weight is 337 g/mol. The van der Waals surface area contributed by atoms with Crippen LogP contribution in [0.15, 0.2) is 21.8 Å². The van der Waals surface area contributed by atoms with Crippen LogP contribution in [0.4, 0.5) is 0 Å². The Morgan fingerprint density at radius 2 is 2.22 bits per heavy atom. The number of amides is 1. The van der Waals surface area contributed by atoms with Gasteiger partial charge < -0.3 is 15.5 Å². The van der Waals surface area contributed by atoms with Crippen LogP contribution in [0.25, 0.3) is 0 Å². The quantitative estimate of drug-likeness (QED) is 0.618. The second-order valence-electron chi connectivity index (χ2n) is 5.92. The van der Waals surface area contributed by atoms with Crippen LogP contribution < -0.4 is 10.6 Å². The van der Waals surface area contributed by atoms with E-state index in [2.05, 4.69) is 39.3 Å². The van der Waals surface area contributed by atoms with Gasteiger partial charge in [-0.05, 0) is 54.5 Å². The first kappa shape index (κ1) is 17.8. The molecule has 1 saturated heterocycles. The molecule has 0 atom stereocenters. The molecule has 1 fully saturated rings. The first-order valence-electron chi connectivity index (χ1n) is 8.47. The molecule has 2 N–H and O–H groups in total. The van der Waals surface area contributed by atoms with Crippen molar-refractivity contribution in [2.75, 3.05) is 33.2 Å². The van der Waals surface area contributed by atoms with Gasteiger partial charge in [0.05, 0.1) is 0 Å². The first-order chi connectivity index (χ1) is 11.2. The second kappa shape index (κ2) is 9.55. The SMILES string of the molecule is CCNC(=NCCc1ccsc1)N1CCC(CC(=O)NC)CC1. The smallest absolute Gasteiger partial charge is 0.220 e. The number of carbonyl (C=O) groups is 1. The molecule has 23 heavy (non-hydrogen) atoms. The maximum absolute atomic E-state index is 11.5. The molecule has 0 bridgehead atoms. The van der Waals surface area contributed by atoms with E-state index in [0.29, 0.717) is 12.3 Å². The summed E-state index contributed by atoms with van der Waals surface area (Å²) in [7, 11) is 1.71. The van der Waals surface area contributed by atoms with Gasteiger partial charge in [-0.3, -0.25) is 9.79 Å². The molecule has 0 spiro atoms. The highest BCUT2D eigenvalue weighted by Crippen LogP contribution is 2.20. The molecular formula is C17H28N4OS. The highest BCUT2D eigenvalue weighted by atomic mass is 32.1. The molecule has 0 saturated carbocycles. The van der Waals surface area contributed by atoms with E-state index in [9.17, 15) is 4.79 Å². The molecule has 2 rings (SSSR count). The standard InChI is InChI=1S/C17H28N4OS/c1-3-19-17(20-8-4-15-7-11-23-13-15)21-9-5-14(6-10-21)12-16(22)18-2/h7,11,13-14H,3-6,8-10,12H2,1-2H3,(H,18,22)(H,19,20). The largest absolute Gasteiger partial charge is 0.359 e. The van der Waals surface area contributed by atoms with Crippen molar-refractivity contribution < 1.29 is 4.79 Å². The minimum absolute atomic E-state index is 0.153. The average Bonchev–Trinajstić information content (AvgIpc) is 3.08. The lowest BCUT2D eigenvalue weighted by molar-refractivity contribution is -0.121. The Kier molecular flexibility index (Phi) is 7.39. The fourth-order valence-electron chi connectivity index (χ4n) is 2.86. The maximum atomic E-state index is 11.5. The summed E-state index contributed by atoms with van der Waals surface area (Å²) in [6.45, 7) is 5.76. The molecule has 128 valence electrons. The zero-order valence-electron chi connectivity index (χ0n) is 14.2. The molecule has 1 aromatic heterocycles. The number of nitrogens with zero attached hydrogens (tertiary/aromatic N) is 2. The predicted molar refractivity (Wildman–Crippen MR) is 97.0 cm³/mol. The third-order valence-corrected chi connectivity index (χ3v) is 4.98. The van der Waals surface area contributed by atoms with Gasteiger partial charge in [0.1, 0.15) is 0 Å². The maximum Gasteiger partial charge on any atom is 0.220 e. The Morgan fingerprint density at radius 3 is 2.83 bits per heavy atom. The number of aliphatic imine (C=N–C) groups is 1. The number of nitrogens with one attached hydrogen (secondary N) is 2. The lowest BCUT2D eigenvalue weighted by Gasteiger charge is -2.34. The number of hydrogen-bond acceptors (Lipinski definition) is 3. The normalized spacial score (nSPS) is 16.4. The summed E-state index contributed by atoms with van der Waals surface area (Å²) < 4.78 is 0. The molecule has 1 amide bonds. The van der Waals surface area contributed by atoms with Crippen LogP contribution in [-0.4, -0.2) is 50.0 Å². The Morgan fingerprint density at radius 1 is 1.43 bits per heavy atom. The van der Waals surface area contributed by atoms with Gasteiger partial charge in [-0.2, -0.15) is 11.3 Å². The van der Waals surface area contributed by atoms with E-state index in [-0.39, 0.29) is 5.91 Å². The summed E-state index contributed by atoms with van der Waals surface area (Å²) in [6.07, 6.45) is 3.76. The van der Waals surface area contributed by atoms with Gasteiger partial charge in [-0.15, -0.1) is 0 Å². The summed E-state index contributed by atoms with van der Waals surface area (Å²) in [4.78, 5) is 18.6. The fraction of sp³-hybridized carbons (Fsp3) is 0.647. The molecule has 1 aliphatic rings. The van der Waals surface area contributed by atoms with Gasteiger partial charge in [0.25, 0.3) is 0 Å². The number of carbonyl (C=O) groups excluding carboxylic acids is 1. The van der Waals surface area contributed by atoms with Crippen LogP contribution in [0, 0.1) is 5.92 Å². The Bertz CT molecular complexity index is 493. The van der Waals surface area contributed by atoms with Crippen molar-refractivity contribution in [1.82, 2.24) is 15.5 Å². The predicted octanol–water partition coefficient (Wildman–Crippen LogP) is 2.10. The fourth-order valence-corrected chi connectivity index (χ4v) is 3.57. The van der Waals surface area contributed by atoms with E-state index in [1.54, 1.807) is 18.4 Å². The van der Waals surface area contributed by atoms with Crippen molar-refractivity contribution in [3.8, 4) is 0 Å². The van der Waals surface area contributed by atoms with Crippen molar-refractivity contribution in [2.24, 2.45) is 10.9 Å². The monoisotopic (exact) mass is 336 g/mol. The minimum Gasteiger partial charge on any atom is -0.359 e. The van der Waals surface area contributed by atoms with Crippen LogP contribution in [0.2, 0.25) is 0 Å². The Balaban J connectivity index is 1.82. The van der Waals surface area contributed by atoms with E-state index in [1.165, 1.54) is 5.56 Å². The van der Waals surface area contributed by atoms with Crippen molar-refractivity contribution in [1.29, 1.82) is 0 Å². The third-order valence-electron chi connectivity index (χ3n) is 4.24. The van der Waals surface area contributed by atoms with Crippen LogP contribution >= 0.6 is 11.3 Å². The van der Waals surface area contributed by atoms with Gasteiger partial charge in [0.2, 0.25) is 5.91 Å². The van der Waals surface area contributed by atoms with Gasteiger partial charge in [0.15, 0.2) is 5.96 Å². The number of likely N-dealkylation sites (tertiary alicyclic amines) is 1. The molecule has 0 radical (unpaired) electrons. The van der Waals surface area contributed by atoms with E-state index < -0.39 is 0 Å². The van der Waals surface area contributed by atoms with Crippen LogP contribution in [0.1, 0.15) is 31.7 Å². The molecule has 6 heteroatoms. The number of piperidine rings is 1.